The zero-order valence-electron chi connectivity index (χ0n) is 24.4. The molecule has 2 heteroatoms. The van der Waals surface area contributed by atoms with E-state index in [9.17, 15) is 5.26 Å². The molecule has 0 spiro atoms. The summed E-state index contributed by atoms with van der Waals surface area (Å²) >= 11 is 0. The third kappa shape index (κ3) is 3.99. The zero-order chi connectivity index (χ0) is 29.9. The molecule has 1 aliphatic carbocycles. The summed E-state index contributed by atoms with van der Waals surface area (Å²) in [5.41, 5.74) is 13.7. The number of para-hydroxylation sites is 1. The second kappa shape index (κ2) is 10.0. The average Bonchev–Trinajstić information content (AvgIpc) is 3.44. The van der Waals surface area contributed by atoms with Gasteiger partial charge in [0.05, 0.1) is 22.7 Å². The molecule has 8 aromatic rings. The van der Waals surface area contributed by atoms with E-state index in [1.807, 2.05) is 12.1 Å². The van der Waals surface area contributed by atoms with Crippen LogP contribution in [0.3, 0.4) is 0 Å². The van der Waals surface area contributed by atoms with E-state index in [0.717, 1.165) is 22.0 Å². The Kier molecular flexibility index (Phi) is 5.67. The van der Waals surface area contributed by atoms with E-state index < -0.39 is 0 Å². The van der Waals surface area contributed by atoms with E-state index in [0.29, 0.717) is 5.56 Å². The van der Waals surface area contributed by atoms with Gasteiger partial charge in [0, 0.05) is 27.6 Å². The lowest BCUT2D eigenvalue weighted by molar-refractivity contribution is 1.02. The van der Waals surface area contributed by atoms with Crippen molar-refractivity contribution >= 4 is 32.6 Å². The predicted octanol–water partition coefficient (Wildman–Crippen LogP) is 10.9. The van der Waals surface area contributed by atoms with Crippen LogP contribution in [-0.2, 0) is 0 Å². The molecule has 7 aromatic carbocycles. The Balaban J connectivity index is 1.15. The SMILES string of the molecule is N#Cc1ccc2c(c1)-c1ccccc1C2c1cccc(-c2ccc(-c3c4ccccc4nc4c3ccc3ccccc34)cc2)c1. The molecular formula is C43H26N2. The molecule has 1 heterocycles. The van der Waals surface area contributed by atoms with Crippen LogP contribution in [0.2, 0.25) is 0 Å². The molecule has 0 saturated carbocycles. The molecule has 0 saturated heterocycles. The van der Waals surface area contributed by atoms with E-state index in [-0.39, 0.29) is 5.92 Å². The summed E-state index contributed by atoms with van der Waals surface area (Å²) in [7, 11) is 0. The first-order chi connectivity index (χ1) is 22.3. The lowest BCUT2D eigenvalue weighted by atomic mass is 9.87. The first kappa shape index (κ1) is 25.5. The maximum Gasteiger partial charge on any atom is 0.0991 e. The minimum Gasteiger partial charge on any atom is -0.247 e. The lowest BCUT2D eigenvalue weighted by Crippen LogP contribution is -1.99. The van der Waals surface area contributed by atoms with Crippen molar-refractivity contribution < 1.29 is 0 Å². The molecule has 208 valence electrons. The molecule has 45 heavy (non-hydrogen) atoms. The number of hydrogen-bond acceptors (Lipinski definition) is 2. The van der Waals surface area contributed by atoms with Crippen LogP contribution in [0.1, 0.15) is 28.2 Å². The molecule has 0 radical (unpaired) electrons. The van der Waals surface area contributed by atoms with Crippen molar-refractivity contribution in [1.82, 2.24) is 4.98 Å². The normalized spacial score (nSPS) is 13.5. The third-order valence-corrected chi connectivity index (χ3v) is 9.36. The maximum absolute atomic E-state index is 9.55. The lowest BCUT2D eigenvalue weighted by Gasteiger charge is -2.16. The highest BCUT2D eigenvalue weighted by Gasteiger charge is 2.30. The fraction of sp³-hybridized carbons (Fsp3) is 0.0233. The van der Waals surface area contributed by atoms with Crippen molar-refractivity contribution in [1.29, 1.82) is 5.26 Å². The number of nitrogens with zero attached hydrogens (tertiary/aromatic N) is 2. The summed E-state index contributed by atoms with van der Waals surface area (Å²) in [6, 6.07) is 56.3. The van der Waals surface area contributed by atoms with Gasteiger partial charge in [-0.05, 0) is 68.1 Å². The Bertz CT molecular complexity index is 2500. The largest absolute Gasteiger partial charge is 0.247 e. The summed E-state index contributed by atoms with van der Waals surface area (Å²) in [6.07, 6.45) is 0. The summed E-state index contributed by atoms with van der Waals surface area (Å²) in [6.45, 7) is 0. The summed E-state index contributed by atoms with van der Waals surface area (Å²) in [5, 5.41) is 14.3. The van der Waals surface area contributed by atoms with Crippen LogP contribution >= 0.6 is 0 Å². The highest BCUT2D eigenvalue weighted by Crippen LogP contribution is 2.48. The van der Waals surface area contributed by atoms with Gasteiger partial charge >= 0.3 is 0 Å². The van der Waals surface area contributed by atoms with Crippen molar-refractivity contribution in [2.75, 3.05) is 0 Å². The summed E-state index contributed by atoms with van der Waals surface area (Å²) in [5.74, 6) is 0.132. The average molecular weight is 571 g/mol. The minimum absolute atomic E-state index is 0.132. The fourth-order valence-electron chi connectivity index (χ4n) is 7.30. The van der Waals surface area contributed by atoms with Crippen LogP contribution in [0.4, 0.5) is 0 Å². The van der Waals surface area contributed by atoms with Crippen LogP contribution in [-0.4, -0.2) is 4.98 Å². The Morgan fingerprint density at radius 1 is 0.511 bits per heavy atom. The molecule has 0 amide bonds. The number of rotatable bonds is 3. The number of fused-ring (bicyclic) bond motifs is 7. The number of nitriles is 1. The number of pyridine rings is 1. The van der Waals surface area contributed by atoms with Crippen LogP contribution in [0, 0.1) is 11.3 Å². The number of benzene rings is 7. The van der Waals surface area contributed by atoms with Crippen LogP contribution < -0.4 is 0 Å². The standard InChI is InChI=1S/C43H26N2/c44-26-27-16-22-36-39(24-27)34-12-3-4-13-35(34)42(36)32-10-7-9-31(25-32)28-17-19-30(20-18-28)41-37-14-5-6-15-40(37)45-43-33-11-2-1-8-29(33)21-23-38(41)43/h1-25,42H. The van der Waals surface area contributed by atoms with Crippen molar-refractivity contribution in [2.45, 2.75) is 5.92 Å². The molecule has 0 bridgehead atoms. The van der Waals surface area contributed by atoms with Gasteiger partial charge in [0.2, 0.25) is 0 Å². The molecule has 0 N–H and O–H groups in total. The minimum atomic E-state index is 0.132. The van der Waals surface area contributed by atoms with Gasteiger partial charge in [-0.2, -0.15) is 5.26 Å². The van der Waals surface area contributed by atoms with Crippen molar-refractivity contribution in [2.24, 2.45) is 0 Å². The molecule has 2 nitrogen and oxygen atoms in total. The van der Waals surface area contributed by atoms with Crippen molar-refractivity contribution in [3.63, 3.8) is 0 Å². The molecule has 1 aromatic heterocycles. The highest BCUT2D eigenvalue weighted by atomic mass is 14.7. The quantitative estimate of drug-likeness (QED) is 0.156. The topological polar surface area (TPSA) is 36.7 Å². The summed E-state index contributed by atoms with van der Waals surface area (Å²) in [4.78, 5) is 5.13. The third-order valence-electron chi connectivity index (χ3n) is 9.36. The highest BCUT2D eigenvalue weighted by molar-refractivity contribution is 6.16. The van der Waals surface area contributed by atoms with Crippen LogP contribution in [0.15, 0.2) is 152 Å². The molecule has 1 unspecified atom stereocenters. The number of aromatic nitrogens is 1. The van der Waals surface area contributed by atoms with Gasteiger partial charge in [-0.3, -0.25) is 0 Å². The second-order valence-electron chi connectivity index (χ2n) is 11.8. The molecular weight excluding hydrogens is 544 g/mol. The monoisotopic (exact) mass is 570 g/mol. The van der Waals surface area contributed by atoms with E-state index in [1.165, 1.54) is 60.7 Å². The van der Waals surface area contributed by atoms with Gasteiger partial charge in [0.25, 0.3) is 0 Å². The first-order valence-electron chi connectivity index (χ1n) is 15.3. The van der Waals surface area contributed by atoms with Gasteiger partial charge in [-0.15, -0.1) is 0 Å². The van der Waals surface area contributed by atoms with Crippen LogP contribution in [0.5, 0.6) is 0 Å². The Morgan fingerprint density at radius 2 is 1.27 bits per heavy atom. The fourth-order valence-corrected chi connectivity index (χ4v) is 7.30. The molecule has 0 fully saturated rings. The number of hydrogen-bond donors (Lipinski definition) is 0. The molecule has 1 aliphatic rings. The summed E-state index contributed by atoms with van der Waals surface area (Å²) < 4.78 is 0. The smallest absolute Gasteiger partial charge is 0.0991 e. The first-order valence-corrected chi connectivity index (χ1v) is 15.3. The van der Waals surface area contributed by atoms with E-state index in [1.54, 1.807) is 0 Å². The Labute approximate surface area is 261 Å². The van der Waals surface area contributed by atoms with E-state index in [4.69, 9.17) is 4.98 Å². The van der Waals surface area contributed by atoms with Gasteiger partial charge in [-0.1, -0.05) is 133 Å². The Hall–Kier alpha value is -6.04. The van der Waals surface area contributed by atoms with Crippen molar-refractivity contribution in [3.8, 4) is 39.4 Å². The van der Waals surface area contributed by atoms with Gasteiger partial charge in [0.15, 0.2) is 0 Å². The maximum atomic E-state index is 9.55. The Morgan fingerprint density at radius 3 is 2.16 bits per heavy atom. The molecule has 0 aliphatic heterocycles. The van der Waals surface area contributed by atoms with E-state index in [2.05, 4.69) is 146 Å². The van der Waals surface area contributed by atoms with Gasteiger partial charge in [0.1, 0.15) is 0 Å². The van der Waals surface area contributed by atoms with E-state index >= 15 is 0 Å². The predicted molar refractivity (Wildman–Crippen MR) is 185 cm³/mol. The molecule has 1 atom stereocenters. The second-order valence-corrected chi connectivity index (χ2v) is 11.8. The van der Waals surface area contributed by atoms with Gasteiger partial charge in [-0.25, -0.2) is 4.98 Å². The zero-order valence-corrected chi connectivity index (χ0v) is 24.4. The van der Waals surface area contributed by atoms with Crippen LogP contribution in [0.25, 0.3) is 66.0 Å². The van der Waals surface area contributed by atoms with Gasteiger partial charge < -0.3 is 0 Å². The molecule has 9 rings (SSSR count). The van der Waals surface area contributed by atoms with Crippen molar-refractivity contribution in [3.05, 3.63) is 174 Å².